The van der Waals surface area contributed by atoms with E-state index in [1.165, 1.54) is 167 Å². The zero-order valence-corrected chi connectivity index (χ0v) is 38.9. The molecule has 58 heavy (non-hydrogen) atoms. The number of aliphatic hydroxyl groups is 2. The third kappa shape index (κ3) is 41.1. The minimum atomic E-state index is -0.792. The Bertz CT molecular complexity index is 919. The normalized spacial score (nSPS) is 13.4. The molecule has 0 aliphatic heterocycles. The fourth-order valence-corrected chi connectivity index (χ4v) is 7.82. The predicted molar refractivity (Wildman–Crippen MR) is 250 cm³/mol. The lowest BCUT2D eigenvalue weighted by molar-refractivity contribution is -0.151. The number of rotatable bonds is 46. The molecule has 0 aromatic rings. The van der Waals surface area contributed by atoms with E-state index in [0.717, 1.165) is 57.8 Å². The molecule has 0 aromatic heterocycles. The first-order chi connectivity index (χ1) is 28.5. The first-order valence-corrected chi connectivity index (χ1v) is 25.6. The number of esters is 1. The molecule has 3 N–H and O–H groups in total. The molecule has 0 rings (SSSR count). The molecule has 0 spiro atoms. The summed E-state index contributed by atoms with van der Waals surface area (Å²) in [6.07, 6.45) is 52.5. The van der Waals surface area contributed by atoms with Gasteiger partial charge < -0.3 is 20.3 Å². The summed E-state index contributed by atoms with van der Waals surface area (Å²) < 4.78 is 5.89. The molecule has 0 radical (unpaired) electrons. The lowest BCUT2D eigenvalue weighted by Gasteiger charge is -2.24. The summed E-state index contributed by atoms with van der Waals surface area (Å²) in [4.78, 5) is 26.0. The van der Waals surface area contributed by atoms with Crippen LogP contribution in [0.15, 0.2) is 24.3 Å². The van der Waals surface area contributed by atoms with Crippen LogP contribution in [-0.4, -0.2) is 46.9 Å². The van der Waals surface area contributed by atoms with Crippen LogP contribution >= 0.6 is 0 Å². The van der Waals surface area contributed by atoms with Crippen LogP contribution in [0.1, 0.15) is 271 Å². The molecular formula is C52H99NO5. The highest BCUT2D eigenvalue weighted by Gasteiger charge is 2.24. The number of aliphatic hydroxyl groups excluding tert-OH is 2. The van der Waals surface area contributed by atoms with Crippen molar-refractivity contribution in [1.29, 1.82) is 0 Å². The molecule has 0 heterocycles. The minimum absolute atomic E-state index is 0.0569. The number of hydrogen-bond donors (Lipinski definition) is 3. The Hall–Kier alpha value is -1.66. The maximum atomic E-state index is 13.2. The van der Waals surface area contributed by atoms with Crippen molar-refractivity contribution in [2.24, 2.45) is 0 Å². The van der Waals surface area contributed by atoms with E-state index in [2.05, 4.69) is 50.4 Å². The van der Waals surface area contributed by atoms with Crippen molar-refractivity contribution in [2.75, 3.05) is 6.61 Å². The van der Waals surface area contributed by atoms with E-state index in [-0.39, 0.29) is 24.9 Å². The standard InChI is InChI=1S/C52H99NO5/c1-4-7-10-13-16-19-22-23-24-25-26-27-30-32-35-38-41-44-50(55)49(47-54)53-51(56)46-48(43-40-37-34-31-28-20-17-14-11-8-5-2)58-52(57)45-42-39-36-33-29-21-18-15-12-9-6-3/h15,18,31,34,48-50,54-55H,4-14,16-17,19-30,32-33,35-47H2,1-3H3,(H,53,56)/b18-15-,34-31-. The smallest absolute Gasteiger partial charge is 0.306 e. The van der Waals surface area contributed by atoms with Crippen LogP contribution in [0, 0.1) is 0 Å². The summed E-state index contributed by atoms with van der Waals surface area (Å²) >= 11 is 0. The number of allylic oxidation sites excluding steroid dienone is 4. The highest BCUT2D eigenvalue weighted by Crippen LogP contribution is 2.17. The summed E-state index contributed by atoms with van der Waals surface area (Å²) in [6.45, 7) is 6.44. The van der Waals surface area contributed by atoms with Crippen LogP contribution in [0.4, 0.5) is 0 Å². The van der Waals surface area contributed by atoms with E-state index in [9.17, 15) is 19.8 Å². The maximum Gasteiger partial charge on any atom is 0.306 e. The van der Waals surface area contributed by atoms with Crippen LogP contribution in [0.2, 0.25) is 0 Å². The van der Waals surface area contributed by atoms with E-state index < -0.39 is 18.2 Å². The molecule has 0 aromatic carbocycles. The van der Waals surface area contributed by atoms with Crippen molar-refractivity contribution < 1.29 is 24.5 Å². The monoisotopic (exact) mass is 818 g/mol. The predicted octanol–water partition coefficient (Wildman–Crippen LogP) is 15.1. The molecule has 3 atom stereocenters. The van der Waals surface area contributed by atoms with Crippen LogP contribution in [0.25, 0.3) is 0 Å². The first-order valence-electron chi connectivity index (χ1n) is 25.6. The van der Waals surface area contributed by atoms with E-state index in [1.807, 2.05) is 0 Å². The number of unbranched alkanes of at least 4 members (excludes halogenated alkanes) is 30. The Labute approximate surface area is 361 Å². The molecule has 6 nitrogen and oxygen atoms in total. The van der Waals surface area contributed by atoms with Crippen molar-refractivity contribution in [1.82, 2.24) is 5.32 Å². The molecule has 6 heteroatoms. The topological polar surface area (TPSA) is 95.9 Å². The second-order valence-corrected chi connectivity index (χ2v) is 17.6. The average molecular weight is 818 g/mol. The van der Waals surface area contributed by atoms with Crippen LogP contribution in [0.5, 0.6) is 0 Å². The first kappa shape index (κ1) is 56.3. The molecule has 1 amide bonds. The Morgan fingerprint density at radius 1 is 0.483 bits per heavy atom. The number of carbonyl (C=O) groups is 2. The van der Waals surface area contributed by atoms with Crippen molar-refractivity contribution >= 4 is 11.9 Å². The van der Waals surface area contributed by atoms with Crippen molar-refractivity contribution in [2.45, 2.75) is 289 Å². The molecule has 0 saturated carbocycles. The Morgan fingerprint density at radius 3 is 1.31 bits per heavy atom. The van der Waals surface area contributed by atoms with Gasteiger partial charge in [0.1, 0.15) is 6.10 Å². The fraction of sp³-hybridized carbons (Fsp3) is 0.885. The molecular weight excluding hydrogens is 719 g/mol. The van der Waals surface area contributed by atoms with Gasteiger partial charge in [0, 0.05) is 6.42 Å². The van der Waals surface area contributed by atoms with Crippen LogP contribution in [-0.2, 0) is 14.3 Å². The van der Waals surface area contributed by atoms with E-state index in [0.29, 0.717) is 19.3 Å². The highest BCUT2D eigenvalue weighted by atomic mass is 16.5. The zero-order chi connectivity index (χ0) is 42.4. The SMILES string of the molecule is CCCC/C=C\CCCCCCCC(=O)OC(CCC/C=C\CCCCCCCC)CC(=O)NC(CO)C(O)CCCCCCCCCCCCCCCCCCC. The van der Waals surface area contributed by atoms with Gasteiger partial charge in [-0.2, -0.15) is 0 Å². The van der Waals surface area contributed by atoms with Gasteiger partial charge in [-0.25, -0.2) is 0 Å². The Morgan fingerprint density at radius 2 is 0.862 bits per heavy atom. The quantitative estimate of drug-likeness (QED) is 0.0323. The molecule has 0 aliphatic carbocycles. The number of hydrogen-bond acceptors (Lipinski definition) is 5. The Balaban J connectivity index is 4.47. The van der Waals surface area contributed by atoms with Gasteiger partial charge in [0.2, 0.25) is 5.91 Å². The number of carbonyl (C=O) groups excluding carboxylic acids is 2. The molecule has 0 bridgehead atoms. The summed E-state index contributed by atoms with van der Waals surface area (Å²) in [5.41, 5.74) is 0. The second-order valence-electron chi connectivity index (χ2n) is 17.6. The van der Waals surface area contributed by atoms with Gasteiger partial charge in [-0.15, -0.1) is 0 Å². The van der Waals surface area contributed by atoms with Gasteiger partial charge in [0.05, 0.1) is 25.2 Å². The Kier molecular flexibility index (Phi) is 45.1. The summed E-state index contributed by atoms with van der Waals surface area (Å²) in [5, 5.41) is 23.7. The van der Waals surface area contributed by atoms with Crippen LogP contribution in [0.3, 0.4) is 0 Å². The van der Waals surface area contributed by atoms with E-state index >= 15 is 0 Å². The van der Waals surface area contributed by atoms with E-state index in [1.54, 1.807) is 0 Å². The van der Waals surface area contributed by atoms with Gasteiger partial charge >= 0.3 is 5.97 Å². The molecule has 342 valence electrons. The fourth-order valence-electron chi connectivity index (χ4n) is 7.82. The summed E-state index contributed by atoms with van der Waals surface area (Å²) in [5.74, 6) is -0.506. The number of amides is 1. The summed E-state index contributed by atoms with van der Waals surface area (Å²) in [6, 6.07) is -0.707. The van der Waals surface area contributed by atoms with Gasteiger partial charge in [-0.05, 0) is 64.2 Å². The van der Waals surface area contributed by atoms with Crippen molar-refractivity contribution in [3.63, 3.8) is 0 Å². The zero-order valence-electron chi connectivity index (χ0n) is 38.9. The lowest BCUT2D eigenvalue weighted by atomic mass is 10.0. The third-order valence-electron chi connectivity index (χ3n) is 11.8. The minimum Gasteiger partial charge on any atom is -0.462 e. The number of nitrogens with one attached hydrogen (secondary N) is 1. The van der Waals surface area contributed by atoms with E-state index in [4.69, 9.17) is 4.74 Å². The van der Waals surface area contributed by atoms with Crippen molar-refractivity contribution in [3.8, 4) is 0 Å². The van der Waals surface area contributed by atoms with Crippen LogP contribution < -0.4 is 5.32 Å². The number of ether oxygens (including phenoxy) is 1. The molecule has 0 aliphatic rings. The largest absolute Gasteiger partial charge is 0.462 e. The molecule has 3 unspecified atom stereocenters. The van der Waals surface area contributed by atoms with Crippen molar-refractivity contribution in [3.05, 3.63) is 24.3 Å². The average Bonchev–Trinajstić information content (AvgIpc) is 3.22. The maximum absolute atomic E-state index is 13.2. The molecule has 0 fully saturated rings. The van der Waals surface area contributed by atoms with Gasteiger partial charge in [-0.3, -0.25) is 9.59 Å². The summed E-state index contributed by atoms with van der Waals surface area (Å²) in [7, 11) is 0. The lowest BCUT2D eigenvalue weighted by Crippen LogP contribution is -2.46. The highest BCUT2D eigenvalue weighted by molar-refractivity contribution is 5.77. The van der Waals surface area contributed by atoms with Gasteiger partial charge in [-0.1, -0.05) is 218 Å². The van der Waals surface area contributed by atoms with Gasteiger partial charge in [0.15, 0.2) is 0 Å². The third-order valence-corrected chi connectivity index (χ3v) is 11.8. The van der Waals surface area contributed by atoms with Gasteiger partial charge in [0.25, 0.3) is 0 Å². The molecule has 0 saturated heterocycles. The second kappa shape index (κ2) is 46.4.